The van der Waals surface area contributed by atoms with Crippen molar-refractivity contribution >= 4 is 18.9 Å². The zero-order valence-electron chi connectivity index (χ0n) is 7.31. The molecule has 1 radical (unpaired) electrons. The molecule has 0 aliphatic rings. The monoisotopic (exact) mass is 283 g/mol. The van der Waals surface area contributed by atoms with Crippen LogP contribution in [0.3, 0.4) is 0 Å². The number of carboxylic acid groups (broad SMARTS) is 1. The Hall–Kier alpha value is -0.486. The van der Waals surface area contributed by atoms with Crippen LogP contribution in [-0.2, 0) is 51.8 Å². The van der Waals surface area contributed by atoms with E-state index in [9.17, 15) is 4.79 Å². The van der Waals surface area contributed by atoms with E-state index in [-0.39, 0.29) is 46.6 Å². The molecular formula is C7H14O6Y-2. The number of hydrogen-bond donors (Lipinski definition) is 2. The zero-order valence-corrected chi connectivity index (χ0v) is 10.2. The Bertz CT molecular complexity index is 117. The van der Waals surface area contributed by atoms with Crippen LogP contribution in [0.4, 0.5) is 0 Å². The van der Waals surface area contributed by atoms with Gasteiger partial charge in [0.2, 0.25) is 0 Å². The van der Waals surface area contributed by atoms with Crippen molar-refractivity contribution in [1.29, 1.82) is 0 Å². The van der Waals surface area contributed by atoms with Crippen molar-refractivity contribution in [2.45, 2.75) is 20.8 Å². The Morgan fingerprint density at radius 1 is 1.43 bits per heavy atom. The second-order valence-corrected chi connectivity index (χ2v) is 1.13. The van der Waals surface area contributed by atoms with E-state index in [0.717, 1.165) is 0 Å². The van der Waals surface area contributed by atoms with E-state index < -0.39 is 5.97 Å². The van der Waals surface area contributed by atoms with Gasteiger partial charge in [-0.3, -0.25) is 4.79 Å². The summed E-state index contributed by atoms with van der Waals surface area (Å²) in [5.74, 6) is -0.745. The number of rotatable bonds is 2. The summed E-state index contributed by atoms with van der Waals surface area (Å²) in [4.78, 5) is 26.4. The molecule has 0 amide bonds. The van der Waals surface area contributed by atoms with E-state index in [4.69, 9.17) is 19.8 Å². The second kappa shape index (κ2) is 39.1. The number of ether oxygens (including phenoxy) is 1. The fourth-order valence-corrected chi connectivity index (χ4v) is 0. The molecule has 0 bridgehead atoms. The first-order valence-electron chi connectivity index (χ1n) is 2.73. The molecule has 0 saturated heterocycles. The summed E-state index contributed by atoms with van der Waals surface area (Å²) < 4.78 is 3.74. The molecule has 0 aliphatic heterocycles. The van der Waals surface area contributed by atoms with E-state index in [2.05, 4.69) is 4.74 Å². The van der Waals surface area contributed by atoms with E-state index >= 15 is 0 Å². The summed E-state index contributed by atoms with van der Waals surface area (Å²) in [6.07, 6.45) is 0.222. The quantitative estimate of drug-likeness (QED) is 0.712. The molecule has 0 aromatic carbocycles. The van der Waals surface area contributed by atoms with Gasteiger partial charge in [-0.25, -0.2) is 0 Å². The predicted molar refractivity (Wildman–Crippen MR) is 45.7 cm³/mol. The Labute approximate surface area is 109 Å². The summed E-state index contributed by atoms with van der Waals surface area (Å²) in [6.45, 7) is 3.28. The van der Waals surface area contributed by atoms with Crippen molar-refractivity contribution in [3.63, 3.8) is 0 Å². The summed E-state index contributed by atoms with van der Waals surface area (Å²) >= 11 is 0. The molecule has 2 N–H and O–H groups in total. The van der Waals surface area contributed by atoms with Crippen LogP contribution in [-0.4, -0.2) is 36.2 Å². The van der Waals surface area contributed by atoms with Crippen LogP contribution in [0.2, 0.25) is 0 Å². The Morgan fingerprint density at radius 2 is 1.57 bits per heavy atom. The topological polar surface area (TPSA) is 101 Å². The smallest absolute Gasteiger partial charge is 0.303 e. The van der Waals surface area contributed by atoms with Gasteiger partial charge in [0.05, 0.1) is 0 Å². The molecule has 0 saturated carbocycles. The van der Waals surface area contributed by atoms with Crippen molar-refractivity contribution in [1.82, 2.24) is 0 Å². The molecular weight excluding hydrogens is 269 g/mol. The van der Waals surface area contributed by atoms with Crippen molar-refractivity contribution in [2.24, 2.45) is 0 Å². The second-order valence-electron chi connectivity index (χ2n) is 1.13. The normalized spacial score (nSPS) is 5.00. The molecule has 6 nitrogen and oxygen atoms in total. The van der Waals surface area contributed by atoms with Gasteiger partial charge in [-0.1, -0.05) is 27.3 Å². The van der Waals surface area contributed by atoms with Crippen LogP contribution in [0.25, 0.3) is 0 Å². The van der Waals surface area contributed by atoms with E-state index in [1.807, 2.05) is 0 Å². The average molecular weight is 283 g/mol. The minimum Gasteiger partial charge on any atom is -0.665 e. The predicted octanol–water partition coefficient (Wildman–Crippen LogP) is 0.426. The SMILES string of the molecule is C.CCC(=O)O.CO[C-]=O.O=[C-]O.[Y]. The number of carboxylic acids is 1. The van der Waals surface area contributed by atoms with Crippen molar-refractivity contribution < 1.29 is 62.0 Å². The van der Waals surface area contributed by atoms with E-state index in [1.165, 1.54) is 13.6 Å². The Balaban J connectivity index is -0.0000000278. The van der Waals surface area contributed by atoms with Crippen molar-refractivity contribution in [2.75, 3.05) is 7.11 Å². The fraction of sp³-hybridized carbons (Fsp3) is 0.571. The third kappa shape index (κ3) is 201. The fourth-order valence-electron chi connectivity index (χ4n) is 0. The molecule has 0 unspecified atom stereocenters. The standard InChI is InChI=1S/C3H6O2.C2H3O2.CHO2.CH4.Y/c1-2-3(4)5;1-4-2-3;2-1-3;;/h2H2,1H3,(H,4,5);1H3;(H,2,3);1H4;/q;2*-1;;. The number of methoxy groups -OCH3 is 1. The summed E-state index contributed by atoms with van der Waals surface area (Å²) in [5, 5.41) is 14.5. The molecule has 0 spiro atoms. The van der Waals surface area contributed by atoms with Gasteiger partial charge in [0.25, 0.3) is 0 Å². The largest absolute Gasteiger partial charge is 0.665 e. The molecule has 0 aliphatic carbocycles. The van der Waals surface area contributed by atoms with Crippen LogP contribution < -0.4 is 0 Å². The van der Waals surface area contributed by atoms with Crippen LogP contribution in [0.5, 0.6) is 0 Å². The van der Waals surface area contributed by atoms with Gasteiger partial charge in [-0.15, -0.1) is 0 Å². The molecule has 0 aromatic heterocycles. The van der Waals surface area contributed by atoms with Gasteiger partial charge in [-0.2, -0.15) is 0 Å². The number of hydrogen-bond acceptors (Lipinski definition) is 4. The molecule has 0 heterocycles. The maximum atomic E-state index is 9.37. The Morgan fingerprint density at radius 3 is 1.57 bits per heavy atom. The van der Waals surface area contributed by atoms with Crippen LogP contribution in [0.1, 0.15) is 20.8 Å². The van der Waals surface area contributed by atoms with Crippen molar-refractivity contribution in [3.8, 4) is 0 Å². The molecule has 0 fully saturated rings. The van der Waals surface area contributed by atoms with E-state index in [1.54, 1.807) is 6.92 Å². The molecule has 0 aromatic rings. The molecule has 83 valence electrons. The van der Waals surface area contributed by atoms with Crippen LogP contribution >= 0.6 is 0 Å². The summed E-state index contributed by atoms with van der Waals surface area (Å²) in [6, 6.07) is 0. The van der Waals surface area contributed by atoms with Crippen LogP contribution in [0, 0.1) is 0 Å². The van der Waals surface area contributed by atoms with Gasteiger partial charge in [0.1, 0.15) is 0 Å². The summed E-state index contributed by atoms with van der Waals surface area (Å²) in [5.41, 5.74) is 0. The Kier molecular flexibility index (Phi) is 81.5. The molecule has 0 rings (SSSR count). The van der Waals surface area contributed by atoms with Gasteiger partial charge in [0, 0.05) is 46.2 Å². The first kappa shape index (κ1) is 29.2. The zero-order chi connectivity index (χ0) is 10.4. The van der Waals surface area contributed by atoms with Gasteiger partial charge < -0.3 is 24.5 Å². The molecule has 7 heteroatoms. The third-order valence-electron chi connectivity index (χ3n) is 0.386. The van der Waals surface area contributed by atoms with E-state index in [0.29, 0.717) is 6.47 Å². The average Bonchev–Trinajstić information content (AvgIpc) is 2.06. The number of carbonyl (C=O) groups excluding carboxylic acids is 1. The summed E-state index contributed by atoms with van der Waals surface area (Å²) in [7, 11) is 1.26. The minimum atomic E-state index is -0.745. The number of aliphatic carboxylic acids is 1. The maximum Gasteiger partial charge on any atom is 0.303 e. The first-order valence-corrected chi connectivity index (χ1v) is 2.73. The van der Waals surface area contributed by atoms with Gasteiger partial charge in [0.15, 0.2) is 0 Å². The number of carbonyl (C=O) groups is 1. The number of aliphatic hydroxyl groups excluding tert-OH is 1. The maximum absolute atomic E-state index is 9.37. The first-order chi connectivity index (χ1) is 5.60. The molecule has 14 heavy (non-hydrogen) atoms. The van der Waals surface area contributed by atoms with Gasteiger partial charge in [-0.05, 0) is 0 Å². The van der Waals surface area contributed by atoms with Crippen LogP contribution in [0.15, 0.2) is 0 Å². The third-order valence-corrected chi connectivity index (χ3v) is 0.386. The van der Waals surface area contributed by atoms with Crippen molar-refractivity contribution in [3.05, 3.63) is 0 Å². The van der Waals surface area contributed by atoms with Gasteiger partial charge >= 0.3 is 5.97 Å². The molecule has 0 atom stereocenters. The minimum absolute atomic E-state index is 0.